The van der Waals surface area contributed by atoms with Gasteiger partial charge < -0.3 is 9.15 Å². The van der Waals surface area contributed by atoms with Gasteiger partial charge in [-0.25, -0.2) is 22.0 Å². The number of hydrogen-bond acceptors (Lipinski definition) is 5. The molecule has 1 aromatic heterocycles. The first-order chi connectivity index (χ1) is 12.9. The average Bonchev–Trinajstić information content (AvgIpc) is 3.11. The highest BCUT2D eigenvalue weighted by Crippen LogP contribution is 2.29. The molecule has 0 unspecified atom stereocenters. The van der Waals surface area contributed by atoms with Crippen LogP contribution in [-0.2, 0) is 12.4 Å². The maximum Gasteiger partial charge on any atom is 0.277 e. The number of hydrogen-bond donors (Lipinski definition) is 0. The van der Waals surface area contributed by atoms with Crippen molar-refractivity contribution in [3.8, 4) is 5.75 Å². The van der Waals surface area contributed by atoms with Crippen LogP contribution in [0.1, 0.15) is 17.0 Å². The molecule has 0 saturated heterocycles. The zero-order chi connectivity index (χ0) is 19.6. The molecule has 142 valence electrons. The Labute approximate surface area is 154 Å². The molecule has 3 rings (SSSR count). The van der Waals surface area contributed by atoms with Gasteiger partial charge in [0.1, 0.15) is 5.75 Å². The van der Waals surface area contributed by atoms with Crippen molar-refractivity contribution in [1.82, 2.24) is 10.2 Å². The van der Waals surface area contributed by atoms with Gasteiger partial charge in [0.05, 0.1) is 0 Å². The molecule has 0 spiro atoms. The number of ether oxygens (including phenoxy) is 1. The van der Waals surface area contributed by atoms with E-state index in [1.54, 1.807) is 12.1 Å². The Morgan fingerprint density at radius 1 is 0.963 bits per heavy atom. The van der Waals surface area contributed by atoms with Gasteiger partial charge in [0.2, 0.25) is 5.82 Å². The van der Waals surface area contributed by atoms with Crippen LogP contribution in [0, 0.1) is 36.0 Å². The molecule has 0 aliphatic rings. The maximum absolute atomic E-state index is 13.6. The van der Waals surface area contributed by atoms with Gasteiger partial charge in [0, 0.05) is 11.3 Å². The van der Waals surface area contributed by atoms with E-state index in [4.69, 9.17) is 9.15 Å². The van der Waals surface area contributed by atoms with Crippen molar-refractivity contribution in [2.24, 2.45) is 0 Å². The lowest BCUT2D eigenvalue weighted by Gasteiger charge is -2.06. The van der Waals surface area contributed by atoms with E-state index in [9.17, 15) is 22.0 Å². The third-order valence-electron chi connectivity index (χ3n) is 3.44. The minimum Gasteiger partial charge on any atom is -0.484 e. The molecule has 10 heteroatoms. The summed E-state index contributed by atoms with van der Waals surface area (Å²) in [5, 5.41) is 7.25. The van der Waals surface area contributed by atoms with Crippen LogP contribution >= 0.6 is 11.8 Å². The molecule has 27 heavy (non-hydrogen) atoms. The fourth-order valence-corrected chi connectivity index (χ4v) is 2.89. The first-order valence-electron chi connectivity index (χ1n) is 7.51. The molecular formula is C17H11F5N2O2S. The molecule has 0 radical (unpaired) electrons. The summed E-state index contributed by atoms with van der Waals surface area (Å²) in [5.74, 6) is -9.87. The van der Waals surface area contributed by atoms with E-state index in [2.05, 4.69) is 10.2 Å². The van der Waals surface area contributed by atoms with Crippen molar-refractivity contribution in [3.63, 3.8) is 0 Å². The summed E-state index contributed by atoms with van der Waals surface area (Å²) < 4.78 is 77.4. The van der Waals surface area contributed by atoms with Crippen LogP contribution in [0.2, 0.25) is 0 Å². The molecule has 0 atom stereocenters. The van der Waals surface area contributed by atoms with Gasteiger partial charge in [0.15, 0.2) is 29.9 Å². The third kappa shape index (κ3) is 4.21. The Morgan fingerprint density at radius 2 is 1.63 bits per heavy atom. The summed E-state index contributed by atoms with van der Waals surface area (Å²) in [6.07, 6.45) is 0. The summed E-state index contributed by atoms with van der Waals surface area (Å²) >= 11 is 0.638. The molecule has 3 aromatic rings. The van der Waals surface area contributed by atoms with Crippen molar-refractivity contribution >= 4 is 11.8 Å². The van der Waals surface area contributed by atoms with E-state index in [1.807, 2.05) is 19.1 Å². The van der Waals surface area contributed by atoms with Crippen molar-refractivity contribution < 1.29 is 31.1 Å². The largest absolute Gasteiger partial charge is 0.484 e. The van der Waals surface area contributed by atoms with Gasteiger partial charge in [-0.15, -0.1) is 10.2 Å². The monoisotopic (exact) mass is 402 g/mol. The van der Waals surface area contributed by atoms with Crippen LogP contribution in [0.3, 0.4) is 0 Å². The summed E-state index contributed by atoms with van der Waals surface area (Å²) in [4.78, 5) is 0. The number of aromatic nitrogens is 2. The Morgan fingerprint density at radius 3 is 2.30 bits per heavy atom. The van der Waals surface area contributed by atoms with Crippen molar-refractivity contribution in [1.29, 1.82) is 0 Å². The Hall–Kier alpha value is -2.62. The predicted octanol–water partition coefficient (Wildman–Crippen LogP) is 4.94. The molecule has 0 fully saturated rings. The molecule has 0 bridgehead atoms. The second kappa shape index (κ2) is 7.95. The lowest BCUT2D eigenvalue weighted by molar-refractivity contribution is 0.252. The van der Waals surface area contributed by atoms with Crippen LogP contribution in [-0.4, -0.2) is 10.2 Å². The molecule has 0 aliphatic carbocycles. The van der Waals surface area contributed by atoms with E-state index in [1.165, 1.54) is 0 Å². The second-order valence-corrected chi connectivity index (χ2v) is 6.33. The SMILES string of the molecule is Cc1cccc(OCc2nnc(SCc3c(F)c(F)c(F)c(F)c3F)o2)c1. The number of aryl methyl sites for hydroxylation is 1. The second-order valence-electron chi connectivity index (χ2n) is 5.40. The third-order valence-corrected chi connectivity index (χ3v) is 4.29. The topological polar surface area (TPSA) is 48.2 Å². The zero-order valence-corrected chi connectivity index (χ0v) is 14.5. The first kappa shape index (κ1) is 19.2. The first-order valence-corrected chi connectivity index (χ1v) is 8.50. The highest BCUT2D eigenvalue weighted by Gasteiger charge is 2.26. The molecule has 0 amide bonds. The van der Waals surface area contributed by atoms with Gasteiger partial charge in [-0.2, -0.15) is 0 Å². The summed E-state index contributed by atoms with van der Waals surface area (Å²) in [6, 6.07) is 7.24. The summed E-state index contributed by atoms with van der Waals surface area (Å²) in [6.45, 7) is 1.85. The van der Waals surface area contributed by atoms with Gasteiger partial charge in [-0.05, 0) is 24.6 Å². The van der Waals surface area contributed by atoms with E-state index in [-0.39, 0.29) is 17.7 Å². The molecule has 4 nitrogen and oxygen atoms in total. The standard InChI is InChI=1S/C17H11F5N2O2S/c1-8-3-2-4-9(5-8)25-6-11-23-24-17(26-11)27-7-10-12(18)14(20)16(22)15(21)13(10)19/h2-5H,6-7H2,1H3. The molecule has 0 saturated carbocycles. The quantitative estimate of drug-likeness (QED) is 0.253. The van der Waals surface area contributed by atoms with Gasteiger partial charge in [-0.3, -0.25) is 0 Å². The highest BCUT2D eigenvalue weighted by atomic mass is 32.2. The van der Waals surface area contributed by atoms with Crippen molar-refractivity contribution in [2.45, 2.75) is 24.5 Å². The minimum atomic E-state index is -2.20. The molecule has 0 aliphatic heterocycles. The summed E-state index contributed by atoms with van der Waals surface area (Å²) in [7, 11) is 0. The smallest absolute Gasteiger partial charge is 0.277 e. The van der Waals surface area contributed by atoms with Crippen molar-refractivity contribution in [3.05, 3.63) is 70.4 Å². The number of halogens is 5. The van der Waals surface area contributed by atoms with Crippen LogP contribution in [0.5, 0.6) is 5.75 Å². The Bertz CT molecular complexity index is 951. The fraction of sp³-hybridized carbons (Fsp3) is 0.176. The maximum atomic E-state index is 13.6. The van der Waals surface area contributed by atoms with Gasteiger partial charge >= 0.3 is 0 Å². The number of thioether (sulfide) groups is 1. The van der Waals surface area contributed by atoms with E-state index in [0.29, 0.717) is 17.5 Å². The average molecular weight is 402 g/mol. The number of rotatable bonds is 6. The van der Waals surface area contributed by atoms with E-state index >= 15 is 0 Å². The van der Waals surface area contributed by atoms with Gasteiger partial charge in [-0.1, -0.05) is 23.9 Å². The molecular weight excluding hydrogens is 391 g/mol. The van der Waals surface area contributed by atoms with Gasteiger partial charge in [0.25, 0.3) is 11.1 Å². The zero-order valence-electron chi connectivity index (χ0n) is 13.7. The van der Waals surface area contributed by atoms with Crippen LogP contribution < -0.4 is 4.74 Å². The highest BCUT2D eigenvalue weighted by molar-refractivity contribution is 7.98. The fourth-order valence-electron chi connectivity index (χ4n) is 2.12. The molecule has 0 N–H and O–H groups in total. The lowest BCUT2D eigenvalue weighted by atomic mass is 10.2. The molecule has 2 aromatic carbocycles. The van der Waals surface area contributed by atoms with Crippen LogP contribution in [0.25, 0.3) is 0 Å². The lowest BCUT2D eigenvalue weighted by Crippen LogP contribution is -2.06. The Balaban J connectivity index is 1.65. The number of benzene rings is 2. The van der Waals surface area contributed by atoms with E-state index in [0.717, 1.165) is 5.56 Å². The predicted molar refractivity (Wildman–Crippen MR) is 85.6 cm³/mol. The number of nitrogens with zero attached hydrogens (tertiary/aromatic N) is 2. The summed E-state index contributed by atoms with van der Waals surface area (Å²) in [5.41, 5.74) is 0.0317. The van der Waals surface area contributed by atoms with E-state index < -0.39 is 40.4 Å². The minimum absolute atomic E-state index is 0.0421. The van der Waals surface area contributed by atoms with Crippen LogP contribution in [0.4, 0.5) is 22.0 Å². The van der Waals surface area contributed by atoms with Crippen molar-refractivity contribution in [2.75, 3.05) is 0 Å². The van der Waals surface area contributed by atoms with Crippen LogP contribution in [0.15, 0.2) is 33.9 Å². The molecule has 1 heterocycles. The Kier molecular flexibility index (Phi) is 5.64. The normalized spacial score (nSPS) is 11.0.